The Morgan fingerprint density at radius 1 is 1.55 bits per heavy atom. The SMILES string of the molecule is O=C(I)NCN1CCOCC1. The van der Waals surface area contributed by atoms with Crippen LogP contribution in [0.4, 0.5) is 4.79 Å². The molecule has 0 aliphatic carbocycles. The van der Waals surface area contributed by atoms with E-state index < -0.39 is 0 Å². The summed E-state index contributed by atoms with van der Waals surface area (Å²) in [7, 11) is 0. The first-order chi connectivity index (χ1) is 5.29. The summed E-state index contributed by atoms with van der Waals surface area (Å²) < 4.78 is 5.14. The number of ether oxygens (including phenoxy) is 1. The van der Waals surface area contributed by atoms with Gasteiger partial charge in [-0.3, -0.25) is 9.69 Å². The number of hydrogen-bond donors (Lipinski definition) is 1. The second kappa shape index (κ2) is 4.89. The lowest BCUT2D eigenvalue weighted by Crippen LogP contribution is -2.42. The maximum absolute atomic E-state index is 10.5. The number of carbonyl (C=O) groups is 1. The van der Waals surface area contributed by atoms with Gasteiger partial charge in [-0.25, -0.2) is 0 Å². The van der Waals surface area contributed by atoms with Crippen LogP contribution in [0.15, 0.2) is 0 Å². The van der Waals surface area contributed by atoms with Gasteiger partial charge >= 0.3 is 0 Å². The van der Waals surface area contributed by atoms with E-state index in [9.17, 15) is 4.79 Å². The molecule has 0 bridgehead atoms. The molecule has 1 aliphatic heterocycles. The smallest absolute Gasteiger partial charge is 0.281 e. The van der Waals surface area contributed by atoms with Crippen molar-refractivity contribution < 1.29 is 9.53 Å². The average Bonchev–Trinajstić information content (AvgIpc) is 2.03. The Kier molecular flexibility index (Phi) is 4.09. The van der Waals surface area contributed by atoms with E-state index in [0.717, 1.165) is 26.3 Å². The maximum atomic E-state index is 10.5. The largest absolute Gasteiger partial charge is 0.379 e. The zero-order valence-electron chi connectivity index (χ0n) is 6.18. The Hall–Kier alpha value is 0.120. The lowest BCUT2D eigenvalue weighted by molar-refractivity contribution is 0.0361. The maximum Gasteiger partial charge on any atom is 0.281 e. The van der Waals surface area contributed by atoms with E-state index in [1.165, 1.54) is 0 Å². The monoisotopic (exact) mass is 270 g/mol. The van der Waals surface area contributed by atoms with E-state index >= 15 is 0 Å². The molecule has 5 heteroatoms. The molecule has 0 spiro atoms. The normalized spacial score (nSPS) is 19.7. The Morgan fingerprint density at radius 3 is 2.73 bits per heavy atom. The van der Waals surface area contributed by atoms with Gasteiger partial charge in [0.1, 0.15) is 0 Å². The van der Waals surface area contributed by atoms with Gasteiger partial charge in [-0.2, -0.15) is 0 Å². The molecule has 1 rings (SSSR count). The molecule has 1 heterocycles. The topological polar surface area (TPSA) is 41.6 Å². The highest BCUT2D eigenvalue weighted by Gasteiger charge is 2.09. The van der Waals surface area contributed by atoms with Crippen LogP contribution >= 0.6 is 22.6 Å². The molecule has 0 aromatic heterocycles. The molecule has 0 saturated carbocycles. The highest BCUT2D eigenvalue weighted by molar-refractivity contribution is 14.1. The minimum absolute atomic E-state index is 0.00547. The third kappa shape index (κ3) is 3.88. The van der Waals surface area contributed by atoms with Gasteiger partial charge in [-0.1, -0.05) is 0 Å². The van der Waals surface area contributed by atoms with Crippen LogP contribution in [-0.4, -0.2) is 41.8 Å². The number of nitrogens with one attached hydrogen (secondary N) is 1. The van der Waals surface area contributed by atoms with E-state index in [4.69, 9.17) is 4.74 Å². The van der Waals surface area contributed by atoms with Crippen LogP contribution in [0, 0.1) is 0 Å². The van der Waals surface area contributed by atoms with Crippen molar-refractivity contribution in [2.24, 2.45) is 0 Å². The molecule has 0 aromatic rings. The molecular formula is C6H11IN2O2. The van der Waals surface area contributed by atoms with E-state index in [0.29, 0.717) is 6.67 Å². The van der Waals surface area contributed by atoms with Gasteiger partial charge in [-0.05, 0) is 0 Å². The predicted molar refractivity (Wildman–Crippen MR) is 49.8 cm³/mol. The molecule has 0 unspecified atom stereocenters. The van der Waals surface area contributed by atoms with E-state index in [-0.39, 0.29) is 3.91 Å². The number of amides is 1. The number of nitrogens with zero attached hydrogens (tertiary/aromatic N) is 1. The molecule has 1 saturated heterocycles. The first-order valence-electron chi connectivity index (χ1n) is 3.52. The van der Waals surface area contributed by atoms with Crippen molar-refractivity contribution in [2.45, 2.75) is 0 Å². The minimum Gasteiger partial charge on any atom is -0.379 e. The van der Waals surface area contributed by atoms with Crippen molar-refractivity contribution in [3.8, 4) is 0 Å². The third-order valence-corrected chi connectivity index (χ3v) is 1.93. The van der Waals surface area contributed by atoms with Gasteiger partial charge in [0.2, 0.25) is 0 Å². The third-order valence-electron chi connectivity index (χ3n) is 1.55. The van der Waals surface area contributed by atoms with Gasteiger partial charge in [0.05, 0.1) is 19.9 Å². The fourth-order valence-electron chi connectivity index (χ4n) is 0.933. The first-order valence-corrected chi connectivity index (χ1v) is 4.60. The summed E-state index contributed by atoms with van der Waals surface area (Å²) in [6.07, 6.45) is 0. The van der Waals surface area contributed by atoms with Crippen molar-refractivity contribution in [3.63, 3.8) is 0 Å². The molecule has 4 nitrogen and oxygen atoms in total. The van der Waals surface area contributed by atoms with Gasteiger partial charge in [0.15, 0.2) is 0 Å². The van der Waals surface area contributed by atoms with E-state index in [2.05, 4.69) is 10.2 Å². The van der Waals surface area contributed by atoms with Gasteiger partial charge in [0, 0.05) is 35.7 Å². The van der Waals surface area contributed by atoms with Crippen LogP contribution in [0.2, 0.25) is 0 Å². The van der Waals surface area contributed by atoms with E-state index in [1.807, 2.05) is 0 Å². The second-order valence-corrected chi connectivity index (χ2v) is 3.32. The van der Waals surface area contributed by atoms with Crippen LogP contribution in [0.25, 0.3) is 0 Å². The van der Waals surface area contributed by atoms with Crippen molar-refractivity contribution in [1.82, 2.24) is 10.2 Å². The van der Waals surface area contributed by atoms with Crippen molar-refractivity contribution in [1.29, 1.82) is 0 Å². The van der Waals surface area contributed by atoms with Crippen molar-refractivity contribution >= 4 is 26.5 Å². The summed E-state index contributed by atoms with van der Waals surface area (Å²) in [5.74, 6) is 0. The van der Waals surface area contributed by atoms with Crippen LogP contribution < -0.4 is 5.32 Å². The molecule has 1 aliphatic rings. The molecule has 0 atom stereocenters. The van der Waals surface area contributed by atoms with Crippen LogP contribution in [0.1, 0.15) is 0 Å². The number of rotatable bonds is 2. The van der Waals surface area contributed by atoms with Crippen LogP contribution in [0.5, 0.6) is 0 Å². The molecule has 1 N–H and O–H groups in total. The van der Waals surface area contributed by atoms with Gasteiger partial charge in [-0.15, -0.1) is 0 Å². The Morgan fingerprint density at radius 2 is 2.18 bits per heavy atom. The fraction of sp³-hybridized carbons (Fsp3) is 0.833. The highest BCUT2D eigenvalue weighted by Crippen LogP contribution is 1.94. The number of hydrogen-bond acceptors (Lipinski definition) is 3. The van der Waals surface area contributed by atoms with Crippen LogP contribution in [0.3, 0.4) is 0 Å². The summed E-state index contributed by atoms with van der Waals surface area (Å²) in [4.78, 5) is 12.7. The lowest BCUT2D eigenvalue weighted by Gasteiger charge is -2.26. The average molecular weight is 270 g/mol. The van der Waals surface area contributed by atoms with Gasteiger partial charge in [0.25, 0.3) is 3.91 Å². The molecule has 11 heavy (non-hydrogen) atoms. The first kappa shape index (κ1) is 9.21. The standard InChI is InChI=1S/C6H11IN2O2/c7-6(10)8-5-9-1-3-11-4-2-9/h1-5H2,(H,8,10). The van der Waals surface area contributed by atoms with E-state index in [1.54, 1.807) is 22.6 Å². The number of halogens is 1. The number of carbonyl (C=O) groups excluding carboxylic acids is 1. The lowest BCUT2D eigenvalue weighted by atomic mass is 10.4. The van der Waals surface area contributed by atoms with Gasteiger partial charge < -0.3 is 10.1 Å². The Balaban J connectivity index is 2.09. The van der Waals surface area contributed by atoms with Crippen molar-refractivity contribution in [2.75, 3.05) is 33.0 Å². The van der Waals surface area contributed by atoms with Crippen molar-refractivity contribution in [3.05, 3.63) is 0 Å². The summed E-state index contributed by atoms with van der Waals surface area (Å²) >= 11 is 1.73. The molecule has 1 fully saturated rings. The summed E-state index contributed by atoms with van der Waals surface area (Å²) in [6.45, 7) is 4.02. The fourth-order valence-corrected chi connectivity index (χ4v) is 1.10. The molecular weight excluding hydrogens is 259 g/mol. The quantitative estimate of drug-likeness (QED) is 0.449. The predicted octanol–water partition coefficient (Wildman–Crippen LogP) is 0.421. The zero-order valence-corrected chi connectivity index (χ0v) is 8.33. The zero-order chi connectivity index (χ0) is 8.10. The minimum atomic E-state index is -0.00547. The molecule has 1 amide bonds. The molecule has 0 radical (unpaired) electrons. The summed E-state index contributed by atoms with van der Waals surface area (Å²) in [6, 6.07) is 0. The highest BCUT2D eigenvalue weighted by atomic mass is 127. The Labute approximate surface area is 79.4 Å². The Bertz CT molecular complexity index is 137. The molecule has 0 aromatic carbocycles. The summed E-state index contributed by atoms with van der Waals surface area (Å²) in [5, 5.41) is 2.73. The van der Waals surface area contributed by atoms with Crippen LogP contribution in [-0.2, 0) is 4.74 Å². The number of morpholine rings is 1. The summed E-state index contributed by atoms with van der Waals surface area (Å²) in [5.41, 5.74) is 0. The molecule has 64 valence electrons. The second-order valence-electron chi connectivity index (χ2n) is 2.34.